The Morgan fingerprint density at radius 1 is 1.17 bits per heavy atom. The molecule has 1 N–H and O–H groups in total. The molecule has 1 amide bonds. The molecule has 0 bridgehead atoms. The molecule has 23 heavy (non-hydrogen) atoms. The summed E-state index contributed by atoms with van der Waals surface area (Å²) in [6, 6.07) is 6.38. The van der Waals surface area contributed by atoms with E-state index in [2.05, 4.69) is 20.0 Å². The van der Waals surface area contributed by atoms with Crippen LogP contribution in [-0.2, 0) is 21.2 Å². The quantitative estimate of drug-likeness (QED) is 0.608. The minimum atomic E-state index is -2.63. The van der Waals surface area contributed by atoms with Gasteiger partial charge in [-0.1, -0.05) is 12.1 Å². The molecule has 1 aromatic heterocycles. The van der Waals surface area contributed by atoms with Gasteiger partial charge >= 0.3 is 5.97 Å². The first-order valence-corrected chi connectivity index (χ1v) is 7.79. The van der Waals surface area contributed by atoms with Gasteiger partial charge in [0.1, 0.15) is 22.3 Å². The molecule has 8 nitrogen and oxygen atoms in total. The van der Waals surface area contributed by atoms with Crippen LogP contribution in [0, 0.1) is 0 Å². The fraction of sp³-hybridized carbons (Fsp3) is 0.143. The predicted molar refractivity (Wildman–Crippen MR) is 81.8 cm³/mol. The molecule has 0 spiro atoms. The van der Waals surface area contributed by atoms with Crippen molar-refractivity contribution in [1.82, 2.24) is 9.97 Å². The van der Waals surface area contributed by atoms with Crippen LogP contribution in [0.4, 0.5) is 5.69 Å². The topological polar surface area (TPSA) is 115 Å². The highest BCUT2D eigenvalue weighted by Gasteiger charge is 2.14. The van der Waals surface area contributed by atoms with Crippen LogP contribution in [0.3, 0.4) is 0 Å². The Kier molecular flexibility index (Phi) is 5.36. The van der Waals surface area contributed by atoms with Gasteiger partial charge in [0.15, 0.2) is 0 Å². The van der Waals surface area contributed by atoms with Gasteiger partial charge in [-0.05, 0) is 12.1 Å². The van der Waals surface area contributed by atoms with Crippen LogP contribution in [0.2, 0.25) is 0 Å². The number of amides is 1. The number of aromatic nitrogens is 2. The van der Waals surface area contributed by atoms with Gasteiger partial charge in [0, 0.05) is 12.4 Å². The largest absolute Gasteiger partial charge is 0.465 e. The van der Waals surface area contributed by atoms with Crippen LogP contribution in [0.1, 0.15) is 26.5 Å². The molecule has 9 heteroatoms. The zero-order valence-electron chi connectivity index (χ0n) is 12.1. The molecule has 0 radical (unpaired) electrons. The highest BCUT2D eigenvalue weighted by molar-refractivity contribution is 7.71. The lowest BCUT2D eigenvalue weighted by Crippen LogP contribution is -2.16. The van der Waals surface area contributed by atoms with Gasteiger partial charge in [0.05, 0.1) is 23.9 Å². The van der Waals surface area contributed by atoms with E-state index in [4.69, 9.17) is 0 Å². The fourth-order valence-corrected chi connectivity index (χ4v) is 2.14. The van der Waals surface area contributed by atoms with E-state index in [-0.39, 0.29) is 28.4 Å². The van der Waals surface area contributed by atoms with Crippen LogP contribution in [0.5, 0.6) is 0 Å². The number of ether oxygens (including phenoxy) is 1. The van der Waals surface area contributed by atoms with E-state index in [1.165, 1.54) is 25.6 Å². The molecule has 0 aliphatic carbocycles. The maximum absolute atomic E-state index is 12.1. The number of nitrogens with one attached hydrogen (secondary N) is 1. The summed E-state index contributed by atoms with van der Waals surface area (Å²) < 4.78 is 25.8. The number of thiol groups is 1. The Morgan fingerprint density at radius 2 is 1.83 bits per heavy atom. The van der Waals surface area contributed by atoms with E-state index in [9.17, 15) is 18.0 Å². The first kappa shape index (κ1) is 16.6. The first-order chi connectivity index (χ1) is 11.0. The van der Waals surface area contributed by atoms with Crippen LogP contribution < -0.4 is 5.32 Å². The molecule has 0 fully saturated rings. The van der Waals surface area contributed by atoms with Crippen molar-refractivity contribution in [3.8, 4) is 0 Å². The third-order valence-corrected chi connectivity index (χ3v) is 3.36. The lowest BCUT2D eigenvalue weighted by Gasteiger charge is -2.09. The number of benzene rings is 1. The number of anilines is 1. The number of hydrogen-bond donors (Lipinski definition) is 2. The Morgan fingerprint density at radius 3 is 2.43 bits per heavy atom. The summed E-state index contributed by atoms with van der Waals surface area (Å²) >= 11 is 0. The van der Waals surface area contributed by atoms with Gasteiger partial charge in [0.2, 0.25) is 0 Å². The molecule has 0 saturated carbocycles. The van der Waals surface area contributed by atoms with Crippen LogP contribution in [-0.4, -0.2) is 37.4 Å². The summed E-state index contributed by atoms with van der Waals surface area (Å²) in [5, 5.41) is 2.56. The van der Waals surface area contributed by atoms with Crippen molar-refractivity contribution in [2.75, 3.05) is 12.4 Å². The van der Waals surface area contributed by atoms with Gasteiger partial charge < -0.3 is 10.1 Å². The molecule has 1 aromatic carbocycles. The van der Waals surface area contributed by atoms with E-state index in [0.29, 0.717) is 0 Å². The van der Waals surface area contributed by atoms with Gasteiger partial charge in [-0.15, -0.1) is 0 Å². The maximum Gasteiger partial charge on any atom is 0.339 e. The Balaban J connectivity index is 2.18. The van der Waals surface area contributed by atoms with Gasteiger partial charge in [0.25, 0.3) is 5.91 Å². The van der Waals surface area contributed by atoms with Crippen molar-refractivity contribution in [3.63, 3.8) is 0 Å². The minimum absolute atomic E-state index is 0.104. The van der Waals surface area contributed by atoms with E-state index in [1.54, 1.807) is 18.2 Å². The van der Waals surface area contributed by atoms with Crippen molar-refractivity contribution >= 4 is 28.3 Å². The molecule has 0 atom stereocenters. The Hall–Kier alpha value is -2.81. The average Bonchev–Trinajstić information content (AvgIpc) is 2.54. The van der Waals surface area contributed by atoms with E-state index >= 15 is 0 Å². The summed E-state index contributed by atoms with van der Waals surface area (Å²) in [5.74, 6) is -1.29. The molecule has 0 aliphatic heterocycles. The van der Waals surface area contributed by atoms with Crippen molar-refractivity contribution in [2.45, 2.75) is 5.75 Å². The molecule has 0 saturated heterocycles. The van der Waals surface area contributed by atoms with Gasteiger partial charge in [-0.3, -0.25) is 4.79 Å². The Bertz CT molecular complexity index is 794. The van der Waals surface area contributed by atoms with Crippen molar-refractivity contribution in [1.29, 1.82) is 0 Å². The highest BCUT2D eigenvalue weighted by atomic mass is 32.2. The minimum Gasteiger partial charge on any atom is -0.465 e. The number of esters is 1. The monoisotopic (exact) mass is 335 g/mol. The summed E-state index contributed by atoms with van der Waals surface area (Å²) in [6.45, 7) is 0. The molecule has 2 aromatic rings. The van der Waals surface area contributed by atoms with E-state index < -0.39 is 22.6 Å². The highest BCUT2D eigenvalue weighted by Crippen LogP contribution is 2.17. The van der Waals surface area contributed by atoms with E-state index in [1.807, 2.05) is 0 Å². The molecule has 0 unspecified atom stereocenters. The van der Waals surface area contributed by atoms with Gasteiger partial charge in [-0.2, -0.15) is 0 Å². The number of carbonyl (C=O) groups is 2. The average molecular weight is 335 g/mol. The number of rotatable bonds is 5. The number of para-hydroxylation sites is 1. The molecular weight excluding hydrogens is 322 g/mol. The zero-order chi connectivity index (χ0) is 16.8. The molecule has 2 rings (SSSR count). The second-order valence-corrected chi connectivity index (χ2v) is 5.35. The fourth-order valence-electron chi connectivity index (χ4n) is 1.74. The smallest absolute Gasteiger partial charge is 0.339 e. The summed E-state index contributed by atoms with van der Waals surface area (Å²) in [6.07, 6.45) is 2.44. The second kappa shape index (κ2) is 7.45. The number of methoxy groups -OCH3 is 1. The van der Waals surface area contributed by atoms with E-state index in [0.717, 1.165) is 0 Å². The Labute approximate surface area is 133 Å². The summed E-state index contributed by atoms with van der Waals surface area (Å²) in [4.78, 5) is 31.4. The van der Waals surface area contributed by atoms with Crippen molar-refractivity contribution < 1.29 is 22.7 Å². The SMILES string of the molecule is COC(=O)c1ccccc1NC(=O)c1cnc(C[SH](=O)=O)nc1. The zero-order valence-corrected chi connectivity index (χ0v) is 12.9. The molecular formula is C14H13N3O5S. The summed E-state index contributed by atoms with van der Waals surface area (Å²) in [7, 11) is -1.39. The molecule has 120 valence electrons. The lowest BCUT2D eigenvalue weighted by molar-refractivity contribution is 0.0602. The first-order valence-electron chi connectivity index (χ1n) is 6.42. The number of carbonyl (C=O) groups excluding carboxylic acids is 2. The third kappa shape index (κ3) is 4.33. The van der Waals surface area contributed by atoms with Gasteiger partial charge in [-0.25, -0.2) is 23.2 Å². The number of nitrogens with zero attached hydrogens (tertiary/aromatic N) is 2. The third-order valence-electron chi connectivity index (χ3n) is 2.82. The standard InChI is InChI=1S/C14H13N3O5S/c1-22-14(19)10-4-2-3-5-11(10)17-13(18)9-6-15-12(16-7-9)8-23(20)21/h2-7,23H,8H2,1H3,(H,17,18). The lowest BCUT2D eigenvalue weighted by atomic mass is 10.1. The molecule has 0 aliphatic rings. The van der Waals surface area contributed by atoms with Crippen molar-refractivity contribution in [2.24, 2.45) is 0 Å². The van der Waals surface area contributed by atoms with Crippen LogP contribution in [0.15, 0.2) is 36.7 Å². The molecule has 1 heterocycles. The maximum atomic E-state index is 12.1. The van der Waals surface area contributed by atoms with Crippen LogP contribution >= 0.6 is 0 Å². The summed E-state index contributed by atoms with van der Waals surface area (Å²) in [5.41, 5.74) is 0.634. The second-order valence-electron chi connectivity index (χ2n) is 4.37. The van der Waals surface area contributed by atoms with Crippen LogP contribution in [0.25, 0.3) is 0 Å². The predicted octanol–water partition coefficient (Wildman–Crippen LogP) is 0.627. The number of hydrogen-bond acceptors (Lipinski definition) is 7. The normalized spacial score (nSPS) is 10.3. The van der Waals surface area contributed by atoms with Crippen molar-refractivity contribution in [3.05, 3.63) is 53.6 Å².